The van der Waals surface area contributed by atoms with Gasteiger partial charge in [0, 0.05) is 0 Å². The molecule has 82 valence electrons. The van der Waals surface area contributed by atoms with Crippen molar-refractivity contribution in [3.63, 3.8) is 0 Å². The first-order valence-corrected chi connectivity index (χ1v) is 4.81. The number of rotatable bonds is 5. The van der Waals surface area contributed by atoms with Crippen molar-refractivity contribution in [1.29, 1.82) is 0 Å². The summed E-state index contributed by atoms with van der Waals surface area (Å²) in [7, 11) is 1.60. The second-order valence-electron chi connectivity index (χ2n) is 3.02. The van der Waals surface area contributed by atoms with Gasteiger partial charge in [-0.05, 0) is 30.7 Å². The van der Waals surface area contributed by atoms with Crippen LogP contribution >= 0.6 is 0 Å². The molecule has 0 unspecified atom stereocenters. The van der Waals surface area contributed by atoms with Gasteiger partial charge in [-0.15, -0.1) is 5.43 Å². The van der Waals surface area contributed by atoms with Gasteiger partial charge in [0.1, 0.15) is 18.0 Å². The molecule has 1 rings (SSSR count). The number of ether oxygens (including phenoxy) is 1. The van der Waals surface area contributed by atoms with Gasteiger partial charge in [0.05, 0.1) is 12.3 Å². The minimum absolute atomic E-state index is 0.392. The Bertz CT molecular complexity index is 322. The van der Waals surface area contributed by atoms with Gasteiger partial charge in [-0.2, -0.15) is 4.86 Å². The molecule has 1 aromatic carbocycles. The number of anilines is 1. The number of nitrogens with zero attached hydrogens (tertiary/aromatic N) is 2. The van der Waals surface area contributed by atoms with Crippen LogP contribution in [-0.4, -0.2) is 18.5 Å². The number of hydrogen-bond donors (Lipinski definition) is 1. The maximum absolute atomic E-state index is 11.0. The third-order valence-corrected chi connectivity index (χ3v) is 1.80. The molecule has 0 radical (unpaired) electrons. The Morgan fingerprint density at radius 2 is 2.07 bits per heavy atom. The van der Waals surface area contributed by atoms with E-state index in [4.69, 9.17) is 4.74 Å². The zero-order valence-electron chi connectivity index (χ0n) is 8.93. The standard InChI is InChI=1S/C10H15N3O2/c1-3-8-13(14)12-11-9-4-6-10(15-2)7-5-9/h4-7,11H,3,8H2,1-2H3/b13-12-. The normalized spacial score (nSPS) is 11.2. The van der Waals surface area contributed by atoms with Crippen molar-refractivity contribution in [2.75, 3.05) is 19.1 Å². The van der Waals surface area contributed by atoms with Crippen molar-refractivity contribution >= 4 is 5.69 Å². The van der Waals surface area contributed by atoms with Crippen LogP contribution in [0.3, 0.4) is 0 Å². The maximum atomic E-state index is 11.0. The van der Waals surface area contributed by atoms with Gasteiger partial charge in [0.25, 0.3) is 0 Å². The van der Waals surface area contributed by atoms with Crippen LogP contribution in [0.15, 0.2) is 29.5 Å². The fourth-order valence-electron chi connectivity index (χ4n) is 1.02. The number of nitrogens with one attached hydrogen (secondary N) is 1. The van der Waals surface area contributed by atoms with Gasteiger partial charge < -0.3 is 9.94 Å². The summed E-state index contributed by atoms with van der Waals surface area (Å²) in [6.07, 6.45) is 0.775. The van der Waals surface area contributed by atoms with E-state index in [0.29, 0.717) is 11.4 Å². The molecule has 0 saturated carbocycles. The van der Waals surface area contributed by atoms with Crippen LogP contribution in [0.25, 0.3) is 0 Å². The largest absolute Gasteiger partial charge is 0.696 e. The molecule has 0 amide bonds. The Kier molecular flexibility index (Phi) is 4.40. The van der Waals surface area contributed by atoms with Gasteiger partial charge in [-0.1, -0.05) is 6.92 Å². The lowest BCUT2D eigenvalue weighted by atomic mass is 10.3. The van der Waals surface area contributed by atoms with E-state index in [-0.39, 0.29) is 0 Å². The van der Waals surface area contributed by atoms with Crippen LogP contribution in [0.1, 0.15) is 13.3 Å². The molecule has 15 heavy (non-hydrogen) atoms. The fraction of sp³-hybridized carbons (Fsp3) is 0.400. The zero-order valence-corrected chi connectivity index (χ0v) is 8.93. The first kappa shape index (κ1) is 11.3. The summed E-state index contributed by atoms with van der Waals surface area (Å²) in [5.41, 5.74) is 3.42. The van der Waals surface area contributed by atoms with Crippen LogP contribution in [0.5, 0.6) is 5.75 Å². The lowest BCUT2D eigenvalue weighted by Gasteiger charge is -2.03. The van der Waals surface area contributed by atoms with Crippen LogP contribution in [0.4, 0.5) is 5.69 Å². The van der Waals surface area contributed by atoms with Crippen LogP contribution in [-0.2, 0) is 0 Å². The SMILES string of the molecule is CCC/[N+]([O-])=N/Nc1ccc(OC)cc1. The number of methoxy groups -OCH3 is 1. The average molecular weight is 209 g/mol. The van der Waals surface area contributed by atoms with Gasteiger partial charge >= 0.3 is 0 Å². The van der Waals surface area contributed by atoms with E-state index >= 15 is 0 Å². The molecule has 0 atom stereocenters. The highest BCUT2D eigenvalue weighted by molar-refractivity contribution is 5.45. The smallest absolute Gasteiger partial charge is 0.147 e. The average Bonchev–Trinajstić information content (AvgIpc) is 2.27. The highest BCUT2D eigenvalue weighted by Gasteiger charge is 1.96. The van der Waals surface area contributed by atoms with Crippen molar-refractivity contribution in [2.24, 2.45) is 5.22 Å². The third-order valence-electron chi connectivity index (χ3n) is 1.80. The van der Waals surface area contributed by atoms with E-state index < -0.39 is 0 Å². The second-order valence-corrected chi connectivity index (χ2v) is 3.02. The fourth-order valence-corrected chi connectivity index (χ4v) is 1.02. The summed E-state index contributed by atoms with van der Waals surface area (Å²) < 4.78 is 5.00. The van der Waals surface area contributed by atoms with Crippen LogP contribution in [0, 0.1) is 5.21 Å². The number of hydrogen-bond acceptors (Lipinski definition) is 3. The molecular formula is C10H15N3O2. The van der Waals surface area contributed by atoms with Crippen molar-refractivity contribution in [3.8, 4) is 5.75 Å². The number of hydroxylamine groups is 1. The van der Waals surface area contributed by atoms with Crippen LogP contribution < -0.4 is 10.2 Å². The Hall–Kier alpha value is -1.78. The van der Waals surface area contributed by atoms with Gasteiger partial charge in [-0.3, -0.25) is 0 Å². The summed E-state index contributed by atoms with van der Waals surface area (Å²) in [5.74, 6) is 0.771. The molecule has 5 nitrogen and oxygen atoms in total. The maximum Gasteiger partial charge on any atom is 0.147 e. The highest BCUT2D eigenvalue weighted by atomic mass is 16.5. The Balaban J connectivity index is 2.54. The Labute approximate surface area is 88.9 Å². The lowest BCUT2D eigenvalue weighted by molar-refractivity contribution is -0.528. The van der Waals surface area contributed by atoms with Crippen molar-refractivity contribution in [1.82, 2.24) is 0 Å². The lowest BCUT2D eigenvalue weighted by Crippen LogP contribution is -2.04. The van der Waals surface area contributed by atoms with E-state index in [0.717, 1.165) is 17.9 Å². The van der Waals surface area contributed by atoms with Crippen molar-refractivity contribution in [2.45, 2.75) is 13.3 Å². The second kappa shape index (κ2) is 5.85. The van der Waals surface area contributed by atoms with Crippen molar-refractivity contribution in [3.05, 3.63) is 29.5 Å². The third kappa shape index (κ3) is 3.84. The minimum atomic E-state index is 0.392. The molecule has 0 aliphatic carbocycles. The summed E-state index contributed by atoms with van der Waals surface area (Å²) >= 11 is 0. The quantitative estimate of drug-likeness (QED) is 0.460. The van der Waals surface area contributed by atoms with Crippen LogP contribution in [0.2, 0.25) is 0 Å². The van der Waals surface area contributed by atoms with Gasteiger partial charge in [0.2, 0.25) is 0 Å². The monoisotopic (exact) mass is 209 g/mol. The number of benzene rings is 1. The first-order chi connectivity index (χ1) is 7.26. The summed E-state index contributed by atoms with van der Waals surface area (Å²) in [5, 5.41) is 14.6. The van der Waals surface area contributed by atoms with Gasteiger partial charge in [0.15, 0.2) is 0 Å². The minimum Gasteiger partial charge on any atom is -0.696 e. The predicted molar refractivity (Wildman–Crippen MR) is 57.8 cm³/mol. The van der Waals surface area contributed by atoms with E-state index in [1.807, 2.05) is 6.92 Å². The molecule has 0 aliphatic rings. The summed E-state index contributed by atoms with van der Waals surface area (Å²) in [6, 6.07) is 7.18. The predicted octanol–water partition coefficient (Wildman–Crippen LogP) is 2.39. The van der Waals surface area contributed by atoms with E-state index in [1.165, 1.54) is 0 Å². The zero-order chi connectivity index (χ0) is 11.1. The van der Waals surface area contributed by atoms with Crippen molar-refractivity contribution < 1.29 is 9.60 Å². The van der Waals surface area contributed by atoms with E-state index in [2.05, 4.69) is 10.6 Å². The molecule has 0 bridgehead atoms. The molecule has 1 aromatic rings. The molecule has 0 heterocycles. The summed E-state index contributed by atoms with van der Waals surface area (Å²) in [4.78, 5) is 0.629. The first-order valence-electron chi connectivity index (χ1n) is 4.81. The Morgan fingerprint density at radius 1 is 1.40 bits per heavy atom. The Morgan fingerprint density at radius 3 is 2.60 bits per heavy atom. The summed E-state index contributed by atoms with van der Waals surface area (Å²) in [6.45, 7) is 2.32. The molecule has 5 heteroatoms. The molecule has 1 N–H and O–H groups in total. The molecule has 0 saturated heterocycles. The van der Waals surface area contributed by atoms with E-state index in [9.17, 15) is 5.21 Å². The molecule has 0 aromatic heterocycles. The topological polar surface area (TPSA) is 59.7 Å². The molecule has 0 aliphatic heterocycles. The molecule has 0 spiro atoms. The molecular weight excluding hydrogens is 194 g/mol. The van der Waals surface area contributed by atoms with Gasteiger partial charge in [-0.25, -0.2) is 0 Å². The van der Waals surface area contributed by atoms with E-state index in [1.54, 1.807) is 31.4 Å². The highest BCUT2D eigenvalue weighted by Crippen LogP contribution is 2.14. The molecule has 0 fully saturated rings.